The Morgan fingerprint density at radius 2 is 2.24 bits per heavy atom. The van der Waals surface area contributed by atoms with Gasteiger partial charge in [-0.1, -0.05) is 13.0 Å². The Kier molecular flexibility index (Phi) is 5.10. The van der Waals surface area contributed by atoms with Crippen LogP contribution in [0.5, 0.6) is 0 Å². The van der Waals surface area contributed by atoms with Gasteiger partial charge < -0.3 is 4.74 Å². The molecule has 0 spiro atoms. The average molecular weight is 277 g/mol. The first-order valence-corrected chi connectivity index (χ1v) is 7.44. The number of hydrogen-bond acceptors (Lipinski definition) is 5. The number of rotatable bonds is 6. The zero-order chi connectivity index (χ0) is 12.9. The number of carbonyl (C=O) groups is 1. The van der Waals surface area contributed by atoms with Crippen molar-refractivity contribution < 1.29 is 17.9 Å². The van der Waals surface area contributed by atoms with Crippen molar-refractivity contribution in [1.82, 2.24) is 4.31 Å². The summed E-state index contributed by atoms with van der Waals surface area (Å²) in [5.74, 6) is -0.412. The van der Waals surface area contributed by atoms with Crippen LogP contribution in [0.1, 0.15) is 13.3 Å². The fraction of sp³-hybridized carbons (Fsp3) is 0.500. The van der Waals surface area contributed by atoms with Crippen LogP contribution in [0, 0.1) is 0 Å². The molecule has 7 heteroatoms. The summed E-state index contributed by atoms with van der Waals surface area (Å²) in [6, 6.07) is 3.24. The monoisotopic (exact) mass is 277 g/mol. The van der Waals surface area contributed by atoms with E-state index in [4.69, 9.17) is 0 Å². The molecule has 1 heterocycles. The van der Waals surface area contributed by atoms with Crippen molar-refractivity contribution in [3.05, 3.63) is 17.5 Å². The topological polar surface area (TPSA) is 63.7 Å². The number of hydrogen-bond donors (Lipinski definition) is 0. The zero-order valence-corrected chi connectivity index (χ0v) is 11.4. The molecule has 5 nitrogen and oxygen atoms in total. The van der Waals surface area contributed by atoms with Crippen molar-refractivity contribution in [3.8, 4) is 0 Å². The standard InChI is InChI=1S/C10H15NO4S2/c1-3-11(7-6-9(12)15-2)17(13,14)10-5-4-8-16-10/h4-5,8H,3,6-7H2,1-2H3. The summed E-state index contributed by atoms with van der Waals surface area (Å²) in [6.07, 6.45) is 0.0644. The molecular formula is C10H15NO4S2. The Bertz CT molecular complexity index is 453. The summed E-state index contributed by atoms with van der Waals surface area (Å²) in [4.78, 5) is 11.0. The average Bonchev–Trinajstić information content (AvgIpc) is 2.83. The van der Waals surface area contributed by atoms with E-state index < -0.39 is 16.0 Å². The maximum absolute atomic E-state index is 12.1. The zero-order valence-electron chi connectivity index (χ0n) is 9.75. The quantitative estimate of drug-likeness (QED) is 0.736. The van der Waals surface area contributed by atoms with E-state index in [9.17, 15) is 13.2 Å². The van der Waals surface area contributed by atoms with E-state index in [0.29, 0.717) is 10.8 Å². The normalized spacial score (nSPS) is 11.7. The van der Waals surface area contributed by atoms with Crippen LogP contribution < -0.4 is 0 Å². The molecule has 1 aromatic heterocycles. The van der Waals surface area contributed by atoms with E-state index in [2.05, 4.69) is 4.74 Å². The second-order valence-corrected chi connectivity index (χ2v) is 6.37. The number of thiophene rings is 1. The molecule has 0 aliphatic rings. The SMILES string of the molecule is CCN(CCC(=O)OC)S(=O)(=O)c1cccs1. The van der Waals surface area contributed by atoms with E-state index in [-0.39, 0.29) is 13.0 Å². The van der Waals surface area contributed by atoms with Crippen LogP contribution in [0.3, 0.4) is 0 Å². The molecular weight excluding hydrogens is 262 g/mol. The molecule has 1 aromatic rings. The van der Waals surface area contributed by atoms with Crippen LogP contribution in [0.25, 0.3) is 0 Å². The third-order valence-electron chi connectivity index (χ3n) is 2.23. The first-order valence-electron chi connectivity index (χ1n) is 5.12. The highest BCUT2D eigenvalue weighted by atomic mass is 32.2. The lowest BCUT2D eigenvalue weighted by atomic mass is 10.4. The third kappa shape index (κ3) is 3.52. The van der Waals surface area contributed by atoms with Gasteiger partial charge in [-0.05, 0) is 11.4 Å². The number of methoxy groups -OCH3 is 1. The fourth-order valence-corrected chi connectivity index (χ4v) is 3.90. The van der Waals surface area contributed by atoms with Gasteiger partial charge in [-0.2, -0.15) is 4.31 Å². The molecule has 0 fully saturated rings. The Morgan fingerprint density at radius 1 is 1.53 bits per heavy atom. The molecule has 0 saturated heterocycles. The van der Waals surface area contributed by atoms with Gasteiger partial charge in [-0.15, -0.1) is 11.3 Å². The van der Waals surface area contributed by atoms with Crippen molar-refractivity contribution in [1.29, 1.82) is 0 Å². The summed E-state index contributed by atoms with van der Waals surface area (Å²) < 4.78 is 30.3. The minimum absolute atomic E-state index is 0.0644. The maximum atomic E-state index is 12.1. The molecule has 96 valence electrons. The fourth-order valence-electron chi connectivity index (χ4n) is 1.30. The van der Waals surface area contributed by atoms with Crippen LogP contribution in [0.15, 0.2) is 21.7 Å². The van der Waals surface area contributed by atoms with Crippen molar-refractivity contribution >= 4 is 27.3 Å². The van der Waals surface area contributed by atoms with Gasteiger partial charge in [0.25, 0.3) is 10.0 Å². The minimum atomic E-state index is -3.47. The molecule has 0 N–H and O–H groups in total. The van der Waals surface area contributed by atoms with E-state index in [1.807, 2.05) is 0 Å². The molecule has 17 heavy (non-hydrogen) atoms. The third-order valence-corrected chi connectivity index (χ3v) is 5.58. The van der Waals surface area contributed by atoms with Crippen LogP contribution in [-0.2, 0) is 19.6 Å². The molecule has 0 bridgehead atoms. The minimum Gasteiger partial charge on any atom is -0.469 e. The second-order valence-electron chi connectivity index (χ2n) is 3.25. The molecule has 0 radical (unpaired) electrons. The highest BCUT2D eigenvalue weighted by Crippen LogP contribution is 2.20. The molecule has 0 amide bonds. The molecule has 1 rings (SSSR count). The van der Waals surface area contributed by atoms with Crippen molar-refractivity contribution in [2.75, 3.05) is 20.2 Å². The number of nitrogens with zero attached hydrogens (tertiary/aromatic N) is 1. The van der Waals surface area contributed by atoms with Gasteiger partial charge in [0.05, 0.1) is 13.5 Å². The van der Waals surface area contributed by atoms with Crippen molar-refractivity contribution in [2.45, 2.75) is 17.6 Å². The number of esters is 1. The van der Waals surface area contributed by atoms with Crippen molar-refractivity contribution in [3.63, 3.8) is 0 Å². The first kappa shape index (κ1) is 14.1. The summed E-state index contributed by atoms with van der Waals surface area (Å²) in [7, 11) is -2.18. The second kappa shape index (κ2) is 6.13. The van der Waals surface area contributed by atoms with E-state index in [1.54, 1.807) is 24.4 Å². The highest BCUT2D eigenvalue weighted by molar-refractivity contribution is 7.91. The lowest BCUT2D eigenvalue weighted by Gasteiger charge is -2.18. The molecule has 0 atom stereocenters. The van der Waals surface area contributed by atoms with Gasteiger partial charge in [0.2, 0.25) is 0 Å². The molecule has 0 aliphatic heterocycles. The highest BCUT2D eigenvalue weighted by Gasteiger charge is 2.24. The first-order chi connectivity index (χ1) is 8.02. The van der Waals surface area contributed by atoms with E-state index in [1.165, 1.54) is 22.8 Å². The number of ether oxygens (including phenoxy) is 1. The maximum Gasteiger partial charge on any atom is 0.306 e. The molecule has 0 aromatic carbocycles. The van der Waals surface area contributed by atoms with Crippen LogP contribution in [-0.4, -0.2) is 38.9 Å². The lowest BCUT2D eigenvalue weighted by molar-refractivity contribution is -0.140. The van der Waals surface area contributed by atoms with E-state index in [0.717, 1.165) is 0 Å². The van der Waals surface area contributed by atoms with Gasteiger partial charge in [-0.25, -0.2) is 8.42 Å². The summed E-state index contributed by atoms with van der Waals surface area (Å²) >= 11 is 1.17. The Balaban J connectivity index is 2.77. The van der Waals surface area contributed by atoms with Crippen LogP contribution >= 0.6 is 11.3 Å². The lowest BCUT2D eigenvalue weighted by Crippen LogP contribution is -2.32. The van der Waals surface area contributed by atoms with Crippen LogP contribution in [0.4, 0.5) is 0 Å². The predicted octanol–water partition coefficient (Wildman–Crippen LogP) is 1.32. The number of carbonyl (C=O) groups excluding carboxylic acids is 1. The van der Waals surface area contributed by atoms with Gasteiger partial charge in [-0.3, -0.25) is 4.79 Å². The van der Waals surface area contributed by atoms with Gasteiger partial charge in [0.1, 0.15) is 4.21 Å². The molecule has 0 unspecified atom stereocenters. The Labute approximate surface area is 105 Å². The largest absolute Gasteiger partial charge is 0.469 e. The summed E-state index contributed by atoms with van der Waals surface area (Å²) in [5, 5.41) is 1.71. The smallest absolute Gasteiger partial charge is 0.306 e. The molecule has 0 aliphatic carbocycles. The Morgan fingerprint density at radius 3 is 2.71 bits per heavy atom. The van der Waals surface area contributed by atoms with Gasteiger partial charge in [0.15, 0.2) is 0 Å². The molecule has 0 saturated carbocycles. The number of sulfonamides is 1. The van der Waals surface area contributed by atoms with E-state index >= 15 is 0 Å². The summed E-state index contributed by atoms with van der Waals surface area (Å²) in [5.41, 5.74) is 0. The Hall–Kier alpha value is -0.920. The van der Waals surface area contributed by atoms with Crippen LogP contribution in [0.2, 0.25) is 0 Å². The van der Waals surface area contributed by atoms with Crippen molar-refractivity contribution in [2.24, 2.45) is 0 Å². The summed E-state index contributed by atoms with van der Waals surface area (Å²) in [6.45, 7) is 2.21. The van der Waals surface area contributed by atoms with Gasteiger partial charge >= 0.3 is 5.97 Å². The van der Waals surface area contributed by atoms with Gasteiger partial charge in [0, 0.05) is 13.1 Å². The predicted molar refractivity (Wildman–Crippen MR) is 65.4 cm³/mol.